The van der Waals surface area contributed by atoms with Crippen LogP contribution < -0.4 is 5.32 Å². The molecule has 0 aromatic heterocycles. The summed E-state index contributed by atoms with van der Waals surface area (Å²) in [7, 11) is 0. The highest BCUT2D eigenvalue weighted by Crippen LogP contribution is 2.18. The van der Waals surface area contributed by atoms with E-state index in [1.165, 1.54) is 5.56 Å². The molecule has 0 spiro atoms. The minimum Gasteiger partial charge on any atom is -0.357 e. The molecule has 0 bridgehead atoms. The minimum absolute atomic E-state index is 0.0693. The van der Waals surface area contributed by atoms with E-state index in [2.05, 4.69) is 17.4 Å². The molecular weight excluding hydrogens is 182 g/mol. The molecule has 2 atom stereocenters. The van der Waals surface area contributed by atoms with Crippen molar-refractivity contribution >= 4 is 17.6 Å². The van der Waals surface area contributed by atoms with Crippen LogP contribution in [0.4, 0.5) is 0 Å². The third-order valence-corrected chi connectivity index (χ3v) is 2.38. The van der Waals surface area contributed by atoms with Crippen molar-refractivity contribution in [3.63, 3.8) is 0 Å². The average molecular weight is 193 g/mol. The van der Waals surface area contributed by atoms with Crippen LogP contribution in [0.25, 0.3) is 0 Å². The summed E-state index contributed by atoms with van der Waals surface area (Å²) in [5.74, 6) is 0. The summed E-state index contributed by atoms with van der Waals surface area (Å²) in [6.45, 7) is 0.696. The molecule has 1 aromatic carbocycles. The van der Waals surface area contributed by atoms with Gasteiger partial charge in [0.25, 0.3) is 0 Å². The van der Waals surface area contributed by atoms with Gasteiger partial charge in [-0.1, -0.05) is 42.5 Å². The van der Waals surface area contributed by atoms with Gasteiger partial charge in [-0.05, 0) is 5.56 Å². The van der Waals surface area contributed by atoms with Crippen molar-refractivity contribution in [2.45, 2.75) is 12.3 Å². The summed E-state index contributed by atoms with van der Waals surface area (Å²) in [6, 6.07) is 10.5. The molecule has 2 rings (SSSR count). The maximum absolute atomic E-state index is 5.40. The molecule has 3 heteroatoms. The second kappa shape index (κ2) is 3.96. The van der Waals surface area contributed by atoms with Gasteiger partial charge >= 0.3 is 0 Å². The molecule has 1 fully saturated rings. The predicted octanol–water partition coefficient (Wildman–Crippen LogP) is 1.67. The van der Waals surface area contributed by atoms with Gasteiger partial charge in [-0.15, -0.1) is 0 Å². The first-order chi connectivity index (χ1) is 6.40. The number of thiocarbonyl (C=S) groups is 1. The van der Waals surface area contributed by atoms with Gasteiger partial charge in [0.15, 0.2) is 0 Å². The number of rotatable bonds is 2. The van der Waals surface area contributed by atoms with Crippen LogP contribution in [-0.4, -0.2) is 18.2 Å². The molecule has 1 aliphatic heterocycles. The second-order valence-corrected chi connectivity index (χ2v) is 3.29. The molecule has 13 heavy (non-hydrogen) atoms. The van der Waals surface area contributed by atoms with Crippen LogP contribution in [0.3, 0.4) is 0 Å². The summed E-state index contributed by atoms with van der Waals surface area (Å²) in [5, 5.41) is 4.89. The Kier molecular flexibility index (Phi) is 2.68. The highest BCUT2D eigenvalue weighted by atomic mass is 32.1. The smallest absolute Gasteiger partial charge is 0.138 e. The van der Waals surface area contributed by atoms with Gasteiger partial charge in [0.1, 0.15) is 6.23 Å². The lowest BCUT2D eigenvalue weighted by Gasteiger charge is -2.08. The molecule has 1 aliphatic rings. The first-order valence-corrected chi connectivity index (χ1v) is 4.75. The molecular formula is C10H11NOS. The lowest BCUT2D eigenvalue weighted by atomic mass is 10.1. The van der Waals surface area contributed by atoms with Crippen LogP contribution in [0.5, 0.6) is 0 Å². The van der Waals surface area contributed by atoms with Gasteiger partial charge in [-0.3, -0.25) is 5.32 Å². The number of hydrogen-bond acceptors (Lipinski definition) is 3. The summed E-state index contributed by atoms with van der Waals surface area (Å²) in [5.41, 5.74) is 1.25. The van der Waals surface area contributed by atoms with Crippen LogP contribution in [0, 0.1) is 0 Å². The summed E-state index contributed by atoms with van der Waals surface area (Å²) in [6.07, 6.45) is -0.0693. The van der Waals surface area contributed by atoms with Crippen LogP contribution in [0.1, 0.15) is 11.6 Å². The monoisotopic (exact) mass is 193 g/mol. The van der Waals surface area contributed by atoms with Crippen molar-refractivity contribution < 1.29 is 4.74 Å². The maximum Gasteiger partial charge on any atom is 0.138 e. The highest BCUT2D eigenvalue weighted by Gasteiger charge is 2.23. The molecule has 68 valence electrons. The SMILES string of the molecule is S=CC1NC(c2ccccc2)CO1. The Bertz CT molecular complexity index is 288. The van der Waals surface area contributed by atoms with E-state index in [4.69, 9.17) is 17.0 Å². The largest absolute Gasteiger partial charge is 0.357 e. The van der Waals surface area contributed by atoms with E-state index >= 15 is 0 Å². The Morgan fingerprint density at radius 2 is 2.15 bits per heavy atom. The van der Waals surface area contributed by atoms with Gasteiger partial charge in [-0.2, -0.15) is 0 Å². The zero-order valence-electron chi connectivity index (χ0n) is 7.14. The van der Waals surface area contributed by atoms with Crippen LogP contribution in [-0.2, 0) is 4.74 Å². The third kappa shape index (κ3) is 1.94. The van der Waals surface area contributed by atoms with Crippen molar-refractivity contribution in [1.82, 2.24) is 5.32 Å². The molecule has 2 nitrogen and oxygen atoms in total. The molecule has 0 radical (unpaired) electrons. The summed E-state index contributed by atoms with van der Waals surface area (Å²) < 4.78 is 5.40. The molecule has 0 amide bonds. The molecule has 1 N–H and O–H groups in total. The van der Waals surface area contributed by atoms with E-state index in [9.17, 15) is 0 Å². The first kappa shape index (κ1) is 8.81. The Balaban J connectivity index is 2.08. The molecule has 1 heterocycles. The van der Waals surface area contributed by atoms with Crippen molar-refractivity contribution in [3.05, 3.63) is 35.9 Å². The van der Waals surface area contributed by atoms with E-state index < -0.39 is 0 Å². The maximum atomic E-state index is 5.40. The fraction of sp³-hybridized carbons (Fsp3) is 0.300. The van der Waals surface area contributed by atoms with Gasteiger partial charge in [0, 0.05) is 5.37 Å². The van der Waals surface area contributed by atoms with Crippen molar-refractivity contribution in [2.24, 2.45) is 0 Å². The van der Waals surface area contributed by atoms with Gasteiger partial charge in [0.2, 0.25) is 0 Å². The van der Waals surface area contributed by atoms with Crippen molar-refractivity contribution in [3.8, 4) is 0 Å². The zero-order valence-corrected chi connectivity index (χ0v) is 7.96. The van der Waals surface area contributed by atoms with Gasteiger partial charge in [0.05, 0.1) is 12.6 Å². The van der Waals surface area contributed by atoms with E-state index in [0.717, 1.165) is 0 Å². The Morgan fingerprint density at radius 1 is 1.38 bits per heavy atom. The van der Waals surface area contributed by atoms with Crippen molar-refractivity contribution in [1.29, 1.82) is 0 Å². The van der Waals surface area contributed by atoms with E-state index in [-0.39, 0.29) is 12.3 Å². The fourth-order valence-corrected chi connectivity index (χ4v) is 1.61. The lowest BCUT2D eigenvalue weighted by molar-refractivity contribution is 0.154. The minimum atomic E-state index is -0.0693. The quantitative estimate of drug-likeness (QED) is 0.722. The topological polar surface area (TPSA) is 21.3 Å². The normalized spacial score (nSPS) is 27.4. The van der Waals surface area contributed by atoms with Crippen molar-refractivity contribution in [2.75, 3.05) is 6.61 Å². The predicted molar refractivity (Wildman–Crippen MR) is 55.7 cm³/mol. The number of hydrogen-bond donors (Lipinski definition) is 1. The van der Waals surface area contributed by atoms with Crippen LogP contribution >= 0.6 is 12.2 Å². The Morgan fingerprint density at radius 3 is 2.77 bits per heavy atom. The number of ether oxygens (including phenoxy) is 1. The average Bonchev–Trinajstić information content (AvgIpc) is 2.67. The number of nitrogens with one attached hydrogen (secondary N) is 1. The molecule has 0 saturated carbocycles. The van der Waals surface area contributed by atoms with Gasteiger partial charge in [-0.25, -0.2) is 0 Å². The van der Waals surface area contributed by atoms with Crippen LogP contribution in [0.2, 0.25) is 0 Å². The van der Waals surface area contributed by atoms with Gasteiger partial charge < -0.3 is 4.74 Å². The third-order valence-electron chi connectivity index (χ3n) is 2.13. The molecule has 1 saturated heterocycles. The zero-order chi connectivity index (χ0) is 9.10. The Labute approximate surface area is 82.9 Å². The summed E-state index contributed by atoms with van der Waals surface area (Å²) >= 11 is 4.80. The first-order valence-electron chi connectivity index (χ1n) is 4.28. The molecule has 0 aliphatic carbocycles. The number of benzene rings is 1. The van der Waals surface area contributed by atoms with E-state index in [1.807, 2.05) is 18.2 Å². The van der Waals surface area contributed by atoms with E-state index in [1.54, 1.807) is 5.37 Å². The molecule has 2 unspecified atom stereocenters. The van der Waals surface area contributed by atoms with E-state index in [0.29, 0.717) is 6.61 Å². The fourth-order valence-electron chi connectivity index (χ4n) is 1.45. The summed E-state index contributed by atoms with van der Waals surface area (Å²) in [4.78, 5) is 0. The highest BCUT2D eigenvalue weighted by molar-refractivity contribution is 7.79. The lowest BCUT2D eigenvalue weighted by Crippen LogP contribution is -2.25. The second-order valence-electron chi connectivity index (χ2n) is 3.02. The Hall–Kier alpha value is -0.770. The van der Waals surface area contributed by atoms with Crippen LogP contribution in [0.15, 0.2) is 30.3 Å². The standard InChI is InChI=1S/C10H11NOS/c13-7-10-11-9(6-12-10)8-4-2-1-3-5-8/h1-5,7,9-11H,6H2. The molecule has 1 aromatic rings.